The van der Waals surface area contributed by atoms with E-state index in [9.17, 15) is 13.2 Å². The largest absolute Gasteiger partial charge is 0.389 e. The highest BCUT2D eigenvalue weighted by Crippen LogP contribution is 2.22. The number of unbranched alkanes of at least 4 members (excludes halogenated alkanes) is 1. The third kappa shape index (κ3) is 4.09. The monoisotopic (exact) mass is 336 g/mol. The van der Waals surface area contributed by atoms with Crippen molar-refractivity contribution in [2.75, 3.05) is 11.9 Å². The average molecular weight is 337 g/mol. The second kappa shape index (κ2) is 5.77. The van der Waals surface area contributed by atoms with Crippen LogP contribution in [-0.4, -0.2) is 27.3 Å². The van der Waals surface area contributed by atoms with Crippen molar-refractivity contribution in [2.45, 2.75) is 25.4 Å². The number of hydrogen-bond acceptors (Lipinski definition) is 3. The van der Waals surface area contributed by atoms with Crippen LogP contribution in [0.2, 0.25) is 0 Å². The molecule has 0 aliphatic carbocycles. The molecule has 0 spiro atoms. The van der Waals surface area contributed by atoms with E-state index in [1.165, 1.54) is 0 Å². The minimum atomic E-state index is -4.08. The molecule has 2 heterocycles. The molecular weight excluding hydrogens is 325 g/mol. The van der Waals surface area contributed by atoms with Gasteiger partial charge in [0, 0.05) is 19.2 Å². The summed E-state index contributed by atoms with van der Waals surface area (Å²) in [5.41, 5.74) is 0.667. The summed E-state index contributed by atoms with van der Waals surface area (Å²) < 4.78 is 38.2. The quantitative estimate of drug-likeness (QED) is 0.847. The first-order valence-electron chi connectivity index (χ1n) is 5.77. The third-order valence-corrected chi connectivity index (χ3v) is 3.10. The number of pyridine rings is 1. The average Bonchev–Trinajstić information content (AvgIpc) is 2.71. The van der Waals surface area contributed by atoms with Crippen LogP contribution in [0.25, 0.3) is 5.65 Å². The number of aromatic nitrogens is 3. The zero-order valence-electron chi connectivity index (χ0n) is 9.91. The molecule has 2 aromatic heterocycles. The molecule has 1 N–H and O–H groups in total. The SMILES string of the molecule is FC(F)(F)CCCCNc1nc2c(Br)cccn2n1. The first-order valence-corrected chi connectivity index (χ1v) is 6.56. The molecule has 19 heavy (non-hydrogen) atoms. The predicted octanol–water partition coefficient (Wildman–Crippen LogP) is 3.64. The number of nitrogens with one attached hydrogen (secondary N) is 1. The summed E-state index contributed by atoms with van der Waals surface area (Å²) in [6, 6.07) is 3.66. The van der Waals surface area contributed by atoms with Gasteiger partial charge < -0.3 is 5.32 Å². The van der Waals surface area contributed by atoms with Crippen molar-refractivity contribution in [2.24, 2.45) is 0 Å². The zero-order chi connectivity index (χ0) is 13.9. The first kappa shape index (κ1) is 14.1. The Hall–Kier alpha value is -1.31. The Morgan fingerprint density at radius 3 is 2.79 bits per heavy atom. The predicted molar refractivity (Wildman–Crippen MR) is 69.1 cm³/mol. The smallest absolute Gasteiger partial charge is 0.353 e. The molecule has 0 saturated carbocycles. The van der Waals surface area contributed by atoms with E-state index in [1.807, 2.05) is 12.1 Å². The number of nitrogens with zero attached hydrogens (tertiary/aromatic N) is 3. The van der Waals surface area contributed by atoms with Crippen molar-refractivity contribution in [1.82, 2.24) is 14.6 Å². The van der Waals surface area contributed by atoms with Gasteiger partial charge in [-0.2, -0.15) is 18.2 Å². The van der Waals surface area contributed by atoms with E-state index in [0.717, 1.165) is 4.47 Å². The van der Waals surface area contributed by atoms with E-state index in [0.29, 0.717) is 24.6 Å². The van der Waals surface area contributed by atoms with Gasteiger partial charge in [0.15, 0.2) is 5.65 Å². The van der Waals surface area contributed by atoms with Gasteiger partial charge in [-0.25, -0.2) is 4.52 Å². The summed E-state index contributed by atoms with van der Waals surface area (Å²) >= 11 is 3.35. The van der Waals surface area contributed by atoms with E-state index in [1.54, 1.807) is 10.7 Å². The van der Waals surface area contributed by atoms with E-state index in [-0.39, 0.29) is 6.42 Å². The molecule has 0 radical (unpaired) electrons. The van der Waals surface area contributed by atoms with Gasteiger partial charge >= 0.3 is 6.18 Å². The van der Waals surface area contributed by atoms with Crippen molar-refractivity contribution in [1.29, 1.82) is 0 Å². The summed E-state index contributed by atoms with van der Waals surface area (Å²) in [5, 5.41) is 7.08. The molecule has 0 bridgehead atoms. The van der Waals surface area contributed by atoms with Crippen molar-refractivity contribution in [3.8, 4) is 0 Å². The molecular formula is C11H12BrF3N4. The lowest BCUT2D eigenvalue weighted by molar-refractivity contribution is -0.135. The van der Waals surface area contributed by atoms with Gasteiger partial charge in [0.05, 0.1) is 4.47 Å². The first-order chi connectivity index (χ1) is 8.96. The highest BCUT2D eigenvalue weighted by Gasteiger charge is 2.25. The van der Waals surface area contributed by atoms with Gasteiger partial charge in [-0.3, -0.25) is 0 Å². The second-order valence-electron chi connectivity index (χ2n) is 4.06. The van der Waals surface area contributed by atoms with Crippen LogP contribution >= 0.6 is 15.9 Å². The van der Waals surface area contributed by atoms with Crippen LogP contribution < -0.4 is 5.32 Å². The van der Waals surface area contributed by atoms with Crippen LogP contribution in [0.5, 0.6) is 0 Å². The number of anilines is 1. The minimum Gasteiger partial charge on any atom is -0.353 e. The number of alkyl halides is 3. The van der Waals surface area contributed by atoms with Crippen LogP contribution in [0.1, 0.15) is 19.3 Å². The lowest BCUT2D eigenvalue weighted by Crippen LogP contribution is -2.09. The lowest BCUT2D eigenvalue weighted by atomic mass is 10.2. The van der Waals surface area contributed by atoms with Crippen LogP contribution in [-0.2, 0) is 0 Å². The van der Waals surface area contributed by atoms with Gasteiger partial charge in [0.2, 0.25) is 5.95 Å². The summed E-state index contributed by atoms with van der Waals surface area (Å²) in [6.45, 7) is 0.421. The molecule has 104 valence electrons. The lowest BCUT2D eigenvalue weighted by Gasteiger charge is -2.05. The van der Waals surface area contributed by atoms with E-state index in [2.05, 4.69) is 31.3 Å². The summed E-state index contributed by atoms with van der Waals surface area (Å²) in [6.07, 6.45) is -2.54. The van der Waals surface area contributed by atoms with Crippen molar-refractivity contribution in [3.05, 3.63) is 22.8 Å². The Kier molecular flexibility index (Phi) is 4.28. The fourth-order valence-corrected chi connectivity index (χ4v) is 2.02. The Bertz CT molecular complexity index is 552. The normalized spacial score (nSPS) is 12.0. The molecule has 0 aliphatic heterocycles. The van der Waals surface area contributed by atoms with Crippen LogP contribution in [0.4, 0.5) is 19.1 Å². The van der Waals surface area contributed by atoms with Gasteiger partial charge in [0.25, 0.3) is 0 Å². The molecule has 0 amide bonds. The molecule has 4 nitrogen and oxygen atoms in total. The molecule has 2 rings (SSSR count). The fourth-order valence-electron chi connectivity index (χ4n) is 1.60. The minimum absolute atomic E-state index is 0.105. The molecule has 0 atom stereocenters. The number of rotatable bonds is 5. The van der Waals surface area contributed by atoms with E-state index >= 15 is 0 Å². The van der Waals surface area contributed by atoms with Gasteiger partial charge in [0.1, 0.15) is 0 Å². The maximum absolute atomic E-state index is 11.9. The van der Waals surface area contributed by atoms with E-state index in [4.69, 9.17) is 0 Å². The van der Waals surface area contributed by atoms with Crippen LogP contribution in [0, 0.1) is 0 Å². The van der Waals surface area contributed by atoms with Crippen LogP contribution in [0.3, 0.4) is 0 Å². The summed E-state index contributed by atoms with van der Waals surface area (Å²) in [5.74, 6) is 0.416. The molecule has 0 fully saturated rings. The van der Waals surface area contributed by atoms with Crippen molar-refractivity contribution < 1.29 is 13.2 Å². The highest BCUT2D eigenvalue weighted by molar-refractivity contribution is 9.10. The maximum Gasteiger partial charge on any atom is 0.389 e. The Labute approximate surface area is 116 Å². The molecule has 0 aliphatic rings. The topological polar surface area (TPSA) is 42.2 Å². The Morgan fingerprint density at radius 2 is 2.11 bits per heavy atom. The van der Waals surface area contributed by atoms with Gasteiger partial charge in [-0.15, -0.1) is 5.10 Å². The molecule has 8 heteroatoms. The molecule has 0 unspecified atom stereocenters. The zero-order valence-corrected chi connectivity index (χ0v) is 11.5. The molecule has 0 aromatic carbocycles. The fraction of sp³-hybridized carbons (Fsp3) is 0.455. The Morgan fingerprint density at radius 1 is 1.32 bits per heavy atom. The van der Waals surface area contributed by atoms with E-state index < -0.39 is 12.6 Å². The number of hydrogen-bond donors (Lipinski definition) is 1. The summed E-state index contributed by atoms with van der Waals surface area (Å²) in [4.78, 5) is 4.23. The van der Waals surface area contributed by atoms with Crippen LogP contribution in [0.15, 0.2) is 22.8 Å². The second-order valence-corrected chi connectivity index (χ2v) is 4.91. The summed E-state index contributed by atoms with van der Waals surface area (Å²) in [7, 11) is 0. The van der Waals surface area contributed by atoms with Gasteiger partial charge in [-0.1, -0.05) is 0 Å². The van der Waals surface area contributed by atoms with Crippen molar-refractivity contribution in [3.63, 3.8) is 0 Å². The standard InChI is InChI=1S/C11H12BrF3N4/c12-8-4-3-7-19-9(8)17-10(18-19)16-6-2-1-5-11(13,14)15/h3-4,7H,1-2,5-6H2,(H,16,18). The molecule has 0 saturated heterocycles. The maximum atomic E-state index is 11.9. The van der Waals surface area contributed by atoms with Crippen molar-refractivity contribution >= 4 is 27.5 Å². The Balaban J connectivity index is 1.84. The number of fused-ring (bicyclic) bond motifs is 1. The van der Waals surface area contributed by atoms with Gasteiger partial charge in [-0.05, 0) is 40.9 Å². The number of halogens is 4. The third-order valence-electron chi connectivity index (χ3n) is 2.48. The highest BCUT2D eigenvalue weighted by atomic mass is 79.9. The molecule has 2 aromatic rings.